The minimum absolute atomic E-state index is 0.219. The molecule has 0 amide bonds. The quantitative estimate of drug-likeness (QED) is 0.515. The monoisotopic (exact) mass is 274 g/mol. The Hall–Kier alpha value is -1.43. The molecule has 0 aliphatic carbocycles. The highest BCUT2D eigenvalue weighted by atomic mass is 31.2. The van der Waals surface area contributed by atoms with E-state index in [0.717, 1.165) is 0 Å². The molecule has 3 N–H and O–H groups in total. The molecule has 0 radical (unpaired) electrons. The van der Waals surface area contributed by atoms with Gasteiger partial charge in [0.05, 0.1) is 6.16 Å². The number of hydrogen-bond acceptors (Lipinski definition) is 3. The van der Waals surface area contributed by atoms with E-state index in [1.54, 1.807) is 19.1 Å². The maximum Gasteiger partial charge on any atom is 0.328 e. The first-order valence-electron chi connectivity index (χ1n) is 5.29. The van der Waals surface area contributed by atoms with Gasteiger partial charge in [-0.25, -0.2) is 4.79 Å². The number of aromatic nitrogens is 2. The second kappa shape index (κ2) is 5.95. The van der Waals surface area contributed by atoms with Crippen LogP contribution in [-0.2, 0) is 11.1 Å². The molecule has 0 atom stereocenters. The van der Waals surface area contributed by atoms with Gasteiger partial charge in [0.1, 0.15) is 0 Å². The molecule has 0 spiro atoms. The van der Waals surface area contributed by atoms with E-state index in [4.69, 9.17) is 9.79 Å². The van der Waals surface area contributed by atoms with Crippen LogP contribution in [0.2, 0.25) is 0 Å². The van der Waals surface area contributed by atoms with Crippen LogP contribution in [0.3, 0.4) is 0 Å². The van der Waals surface area contributed by atoms with Gasteiger partial charge < -0.3 is 9.79 Å². The number of nitrogens with zero attached hydrogens (tertiary/aromatic N) is 1. The number of aryl methyl sites for hydroxylation is 1. The van der Waals surface area contributed by atoms with Crippen LogP contribution in [0, 0.1) is 6.92 Å². The predicted molar refractivity (Wildman–Crippen MR) is 66.7 cm³/mol. The molecule has 1 aromatic heterocycles. The molecule has 0 unspecified atom stereocenters. The van der Waals surface area contributed by atoms with E-state index in [1.807, 2.05) is 0 Å². The molecule has 0 bridgehead atoms. The Balaban J connectivity index is 2.62. The van der Waals surface area contributed by atoms with E-state index < -0.39 is 18.8 Å². The zero-order valence-corrected chi connectivity index (χ0v) is 10.8. The molecule has 0 aromatic carbocycles. The van der Waals surface area contributed by atoms with Gasteiger partial charge in [-0.15, -0.1) is 0 Å². The van der Waals surface area contributed by atoms with Crippen molar-refractivity contribution >= 4 is 7.60 Å². The average Bonchev–Trinajstić information content (AvgIpc) is 2.23. The summed E-state index contributed by atoms with van der Waals surface area (Å²) in [4.78, 5) is 41.9. The summed E-state index contributed by atoms with van der Waals surface area (Å²) in [6, 6.07) is 0. The molecule has 0 aliphatic heterocycles. The number of rotatable bonds is 5. The predicted octanol–water partition coefficient (Wildman–Crippen LogP) is -0.0310. The lowest BCUT2D eigenvalue weighted by Gasteiger charge is -2.02. The summed E-state index contributed by atoms with van der Waals surface area (Å²) in [5.41, 5.74) is -0.495. The summed E-state index contributed by atoms with van der Waals surface area (Å²) in [6.07, 6.45) is 4.67. The Morgan fingerprint density at radius 1 is 1.39 bits per heavy atom. The third-order valence-electron chi connectivity index (χ3n) is 2.24. The first-order valence-corrected chi connectivity index (χ1v) is 7.09. The first kappa shape index (κ1) is 14.6. The average molecular weight is 274 g/mol. The van der Waals surface area contributed by atoms with Gasteiger partial charge in [-0.05, 0) is 13.3 Å². The molecule has 0 aliphatic rings. The van der Waals surface area contributed by atoms with Gasteiger partial charge in [-0.2, -0.15) is 0 Å². The fraction of sp³-hybridized carbons (Fsp3) is 0.400. The Labute approximate surface area is 103 Å². The lowest BCUT2D eigenvalue weighted by atomic mass is 10.3. The highest BCUT2D eigenvalue weighted by Gasteiger charge is 2.09. The van der Waals surface area contributed by atoms with E-state index in [2.05, 4.69) is 4.98 Å². The normalized spacial score (nSPS) is 12.2. The summed E-state index contributed by atoms with van der Waals surface area (Å²) in [7, 11) is -3.97. The maximum atomic E-state index is 11.4. The number of aromatic amines is 1. The van der Waals surface area contributed by atoms with Crippen LogP contribution in [0.25, 0.3) is 0 Å². The van der Waals surface area contributed by atoms with Crippen molar-refractivity contribution in [2.75, 3.05) is 6.16 Å². The fourth-order valence-corrected chi connectivity index (χ4v) is 1.79. The zero-order chi connectivity index (χ0) is 13.8. The van der Waals surface area contributed by atoms with Crippen molar-refractivity contribution in [3.8, 4) is 0 Å². The Bertz CT molecular complexity index is 595. The van der Waals surface area contributed by atoms with Crippen molar-refractivity contribution in [3.63, 3.8) is 0 Å². The van der Waals surface area contributed by atoms with E-state index >= 15 is 0 Å². The van der Waals surface area contributed by atoms with Crippen LogP contribution >= 0.6 is 7.60 Å². The van der Waals surface area contributed by atoms with Crippen LogP contribution in [-0.4, -0.2) is 25.5 Å². The van der Waals surface area contributed by atoms with Crippen molar-refractivity contribution in [3.05, 3.63) is 44.8 Å². The van der Waals surface area contributed by atoms with Crippen molar-refractivity contribution < 1.29 is 14.4 Å². The van der Waals surface area contributed by atoms with Crippen LogP contribution in [0.5, 0.6) is 0 Å². The highest BCUT2D eigenvalue weighted by molar-refractivity contribution is 7.51. The summed E-state index contributed by atoms with van der Waals surface area (Å²) in [6.45, 7) is 1.84. The molecule has 8 heteroatoms. The van der Waals surface area contributed by atoms with Crippen molar-refractivity contribution in [1.29, 1.82) is 0 Å². The minimum atomic E-state index is -3.97. The van der Waals surface area contributed by atoms with E-state index in [9.17, 15) is 14.2 Å². The lowest BCUT2D eigenvalue weighted by molar-refractivity contribution is 0.373. The van der Waals surface area contributed by atoms with Crippen LogP contribution in [0.15, 0.2) is 27.9 Å². The summed E-state index contributed by atoms with van der Waals surface area (Å²) < 4.78 is 11.9. The van der Waals surface area contributed by atoms with Gasteiger partial charge in [0.25, 0.3) is 5.56 Å². The molecule has 1 aromatic rings. The molecular formula is C10H15N2O5P. The second-order valence-corrected chi connectivity index (χ2v) is 5.65. The molecule has 18 heavy (non-hydrogen) atoms. The third kappa shape index (κ3) is 4.83. The van der Waals surface area contributed by atoms with Crippen LogP contribution in [0.1, 0.15) is 12.0 Å². The summed E-state index contributed by atoms with van der Waals surface area (Å²) >= 11 is 0. The zero-order valence-electron chi connectivity index (χ0n) is 9.87. The molecule has 0 saturated heterocycles. The maximum absolute atomic E-state index is 11.4. The number of nitrogens with one attached hydrogen (secondary N) is 1. The molecule has 7 nitrogen and oxygen atoms in total. The Morgan fingerprint density at radius 2 is 2.06 bits per heavy atom. The number of H-pyrrole nitrogens is 1. The van der Waals surface area contributed by atoms with Gasteiger partial charge in [-0.3, -0.25) is 18.9 Å². The molecule has 1 rings (SSSR count). The van der Waals surface area contributed by atoms with Crippen LogP contribution < -0.4 is 11.2 Å². The van der Waals surface area contributed by atoms with E-state index in [1.165, 1.54) is 10.8 Å². The SMILES string of the molecule is Cc1cn(C/C=C\CCP(=O)(O)O)c(=O)[nH]c1=O. The molecule has 100 valence electrons. The van der Waals surface area contributed by atoms with Gasteiger partial charge in [0.15, 0.2) is 0 Å². The molecular weight excluding hydrogens is 259 g/mol. The minimum Gasteiger partial charge on any atom is -0.324 e. The van der Waals surface area contributed by atoms with Crippen molar-refractivity contribution in [1.82, 2.24) is 9.55 Å². The molecule has 0 fully saturated rings. The smallest absolute Gasteiger partial charge is 0.324 e. The van der Waals surface area contributed by atoms with Crippen LogP contribution in [0.4, 0.5) is 0 Å². The Morgan fingerprint density at radius 3 is 2.67 bits per heavy atom. The number of hydrogen-bond donors (Lipinski definition) is 3. The Kier molecular flexibility index (Phi) is 4.84. The summed E-state index contributed by atoms with van der Waals surface area (Å²) in [5.74, 6) is 0. The topological polar surface area (TPSA) is 112 Å². The lowest BCUT2D eigenvalue weighted by Crippen LogP contribution is -2.30. The molecule has 0 saturated carbocycles. The van der Waals surface area contributed by atoms with Gasteiger partial charge in [0.2, 0.25) is 0 Å². The number of allylic oxidation sites excluding steroid dienone is 2. The fourth-order valence-electron chi connectivity index (χ4n) is 1.30. The largest absolute Gasteiger partial charge is 0.328 e. The second-order valence-electron chi connectivity index (χ2n) is 3.87. The molecule has 1 heterocycles. The van der Waals surface area contributed by atoms with Gasteiger partial charge in [-0.1, -0.05) is 12.2 Å². The van der Waals surface area contributed by atoms with Crippen molar-refractivity contribution in [2.45, 2.75) is 19.9 Å². The highest BCUT2D eigenvalue weighted by Crippen LogP contribution is 2.34. The summed E-state index contributed by atoms with van der Waals surface area (Å²) in [5, 5.41) is 0. The first-order chi connectivity index (χ1) is 8.29. The third-order valence-corrected chi connectivity index (χ3v) is 3.09. The van der Waals surface area contributed by atoms with E-state index in [-0.39, 0.29) is 19.1 Å². The van der Waals surface area contributed by atoms with Crippen molar-refractivity contribution in [2.24, 2.45) is 0 Å². The van der Waals surface area contributed by atoms with Gasteiger partial charge >= 0.3 is 13.3 Å². The van der Waals surface area contributed by atoms with Gasteiger partial charge in [0, 0.05) is 18.3 Å². The standard InChI is InChI=1S/C10H15N2O5P/c1-8-7-12(10(14)11-9(8)13)5-3-2-4-6-18(15,16)17/h2-3,7H,4-6H2,1H3,(H,11,13,14)(H2,15,16,17)/b3-2-. The van der Waals surface area contributed by atoms with E-state index in [0.29, 0.717) is 5.56 Å².